The summed E-state index contributed by atoms with van der Waals surface area (Å²) in [5.74, 6) is -0.0763. The first-order valence-electron chi connectivity index (χ1n) is 4.63. The van der Waals surface area contributed by atoms with Gasteiger partial charge in [0.05, 0.1) is 16.1 Å². The van der Waals surface area contributed by atoms with Crippen LogP contribution in [-0.2, 0) is 0 Å². The molecule has 2 N–H and O–H groups in total. The Morgan fingerprint density at radius 2 is 2.13 bits per heavy atom. The standard InChI is InChI=1S/C10H11ClFN3/c1-5(2)15-9-4-7(12)6(11)3-8(9)14-10(15)13/h3-5H,1-2H3,(H2,13,14). The molecule has 0 saturated carbocycles. The van der Waals surface area contributed by atoms with E-state index in [0.29, 0.717) is 17.0 Å². The van der Waals surface area contributed by atoms with Gasteiger partial charge in [-0.1, -0.05) is 11.6 Å². The van der Waals surface area contributed by atoms with E-state index in [1.807, 2.05) is 13.8 Å². The van der Waals surface area contributed by atoms with Crippen molar-refractivity contribution in [3.05, 3.63) is 23.0 Å². The first-order chi connectivity index (χ1) is 7.00. The highest BCUT2D eigenvalue weighted by atomic mass is 35.5. The monoisotopic (exact) mass is 227 g/mol. The number of rotatable bonds is 1. The number of hydrogen-bond acceptors (Lipinski definition) is 2. The minimum absolute atomic E-state index is 0.0657. The molecule has 1 aromatic heterocycles. The Hall–Kier alpha value is -1.29. The van der Waals surface area contributed by atoms with Crippen molar-refractivity contribution in [2.75, 3.05) is 5.73 Å². The highest BCUT2D eigenvalue weighted by Crippen LogP contribution is 2.27. The number of halogens is 2. The second-order valence-electron chi connectivity index (χ2n) is 3.69. The lowest BCUT2D eigenvalue weighted by Gasteiger charge is -2.09. The third-order valence-corrected chi connectivity index (χ3v) is 2.56. The maximum Gasteiger partial charge on any atom is 0.201 e. The average molecular weight is 228 g/mol. The zero-order chi connectivity index (χ0) is 11.2. The number of imidazole rings is 1. The fourth-order valence-corrected chi connectivity index (χ4v) is 1.81. The second kappa shape index (κ2) is 3.38. The summed E-state index contributed by atoms with van der Waals surface area (Å²) in [7, 11) is 0. The Labute approximate surface area is 91.7 Å². The van der Waals surface area contributed by atoms with Crippen molar-refractivity contribution >= 4 is 28.6 Å². The smallest absolute Gasteiger partial charge is 0.201 e. The van der Waals surface area contributed by atoms with Crippen molar-refractivity contribution in [2.45, 2.75) is 19.9 Å². The van der Waals surface area contributed by atoms with E-state index in [9.17, 15) is 4.39 Å². The summed E-state index contributed by atoms with van der Waals surface area (Å²) in [5, 5.41) is 0.0657. The minimum atomic E-state index is -0.453. The quantitative estimate of drug-likeness (QED) is 0.814. The van der Waals surface area contributed by atoms with E-state index in [2.05, 4.69) is 4.98 Å². The highest BCUT2D eigenvalue weighted by molar-refractivity contribution is 6.31. The third kappa shape index (κ3) is 1.55. The SMILES string of the molecule is CC(C)n1c(N)nc2cc(Cl)c(F)cc21. The van der Waals surface area contributed by atoms with Crippen molar-refractivity contribution < 1.29 is 4.39 Å². The van der Waals surface area contributed by atoms with Gasteiger partial charge in [0, 0.05) is 12.1 Å². The number of nitrogen functional groups attached to an aromatic ring is 1. The molecule has 15 heavy (non-hydrogen) atoms. The molecule has 0 amide bonds. The van der Waals surface area contributed by atoms with Gasteiger partial charge in [0.25, 0.3) is 0 Å². The lowest BCUT2D eigenvalue weighted by Crippen LogP contribution is -2.05. The van der Waals surface area contributed by atoms with Gasteiger partial charge in [0.2, 0.25) is 5.95 Å². The van der Waals surface area contributed by atoms with Gasteiger partial charge in [0.1, 0.15) is 5.82 Å². The van der Waals surface area contributed by atoms with Gasteiger partial charge in [-0.2, -0.15) is 0 Å². The number of nitrogens with zero attached hydrogens (tertiary/aromatic N) is 2. The lowest BCUT2D eigenvalue weighted by atomic mass is 10.3. The first-order valence-corrected chi connectivity index (χ1v) is 5.01. The molecule has 0 atom stereocenters. The number of benzene rings is 1. The van der Waals surface area contributed by atoms with E-state index in [1.165, 1.54) is 12.1 Å². The van der Waals surface area contributed by atoms with Gasteiger partial charge in [0.15, 0.2) is 0 Å². The number of fused-ring (bicyclic) bond motifs is 1. The molecule has 2 rings (SSSR count). The molecule has 3 nitrogen and oxygen atoms in total. The third-order valence-electron chi connectivity index (χ3n) is 2.28. The molecule has 0 aliphatic rings. The van der Waals surface area contributed by atoms with Crippen LogP contribution < -0.4 is 5.73 Å². The molecule has 1 heterocycles. The fourth-order valence-electron chi connectivity index (χ4n) is 1.65. The molecule has 0 unspecified atom stereocenters. The van der Waals surface area contributed by atoms with Gasteiger partial charge < -0.3 is 10.3 Å². The van der Waals surface area contributed by atoms with Crippen LogP contribution >= 0.6 is 11.6 Å². The van der Waals surface area contributed by atoms with Crippen LogP contribution in [0.3, 0.4) is 0 Å². The van der Waals surface area contributed by atoms with Crippen molar-refractivity contribution in [1.82, 2.24) is 9.55 Å². The number of nitrogens with two attached hydrogens (primary N) is 1. The van der Waals surface area contributed by atoms with Crippen molar-refractivity contribution in [2.24, 2.45) is 0 Å². The average Bonchev–Trinajstić information content (AvgIpc) is 2.41. The van der Waals surface area contributed by atoms with Crippen molar-refractivity contribution in [1.29, 1.82) is 0 Å². The molecule has 2 aromatic rings. The summed E-state index contributed by atoms with van der Waals surface area (Å²) in [5.41, 5.74) is 7.03. The molecule has 0 spiro atoms. The number of anilines is 1. The number of aromatic nitrogens is 2. The molecule has 5 heteroatoms. The zero-order valence-corrected chi connectivity index (χ0v) is 9.22. The maximum absolute atomic E-state index is 13.3. The summed E-state index contributed by atoms with van der Waals surface area (Å²) in [6.45, 7) is 3.92. The van der Waals surface area contributed by atoms with Gasteiger partial charge in [-0.3, -0.25) is 0 Å². The van der Waals surface area contributed by atoms with E-state index >= 15 is 0 Å². The summed E-state index contributed by atoms with van der Waals surface area (Å²) < 4.78 is 15.1. The summed E-state index contributed by atoms with van der Waals surface area (Å²) >= 11 is 5.66. The molecule has 0 radical (unpaired) electrons. The second-order valence-corrected chi connectivity index (χ2v) is 4.10. The van der Waals surface area contributed by atoms with E-state index < -0.39 is 5.82 Å². The summed E-state index contributed by atoms with van der Waals surface area (Å²) in [4.78, 5) is 4.13. The van der Waals surface area contributed by atoms with Crippen LogP contribution in [0.2, 0.25) is 5.02 Å². The van der Waals surface area contributed by atoms with Crippen molar-refractivity contribution in [3.63, 3.8) is 0 Å². The van der Waals surface area contributed by atoms with Crippen molar-refractivity contribution in [3.8, 4) is 0 Å². The molecule has 0 aliphatic carbocycles. The fraction of sp³-hybridized carbons (Fsp3) is 0.300. The van der Waals surface area contributed by atoms with Crippen LogP contribution in [0.15, 0.2) is 12.1 Å². The van der Waals surface area contributed by atoms with Gasteiger partial charge in [-0.15, -0.1) is 0 Å². The van der Waals surface area contributed by atoms with E-state index in [-0.39, 0.29) is 11.1 Å². The van der Waals surface area contributed by atoms with E-state index in [4.69, 9.17) is 17.3 Å². The normalized spacial score (nSPS) is 11.5. The van der Waals surface area contributed by atoms with E-state index in [0.717, 1.165) is 0 Å². The summed E-state index contributed by atoms with van der Waals surface area (Å²) in [6, 6.07) is 2.98. The van der Waals surface area contributed by atoms with Crippen LogP contribution in [0.5, 0.6) is 0 Å². The van der Waals surface area contributed by atoms with Crippen LogP contribution in [-0.4, -0.2) is 9.55 Å². The Kier molecular flexibility index (Phi) is 2.31. The molecule has 0 bridgehead atoms. The molecule has 1 aromatic carbocycles. The number of hydrogen-bond donors (Lipinski definition) is 1. The molecule has 0 saturated heterocycles. The molecule has 80 valence electrons. The van der Waals surface area contributed by atoms with Crippen LogP contribution in [0, 0.1) is 5.82 Å². The van der Waals surface area contributed by atoms with Gasteiger partial charge >= 0.3 is 0 Å². The Morgan fingerprint density at radius 3 is 2.73 bits per heavy atom. The zero-order valence-electron chi connectivity index (χ0n) is 8.46. The van der Waals surface area contributed by atoms with Crippen LogP contribution in [0.1, 0.15) is 19.9 Å². The van der Waals surface area contributed by atoms with E-state index in [1.54, 1.807) is 4.57 Å². The Bertz CT molecular complexity index is 519. The summed E-state index contributed by atoms with van der Waals surface area (Å²) in [6.07, 6.45) is 0. The Morgan fingerprint density at radius 1 is 1.47 bits per heavy atom. The molecular formula is C10H11ClFN3. The molecule has 0 fully saturated rings. The molecule has 0 aliphatic heterocycles. The largest absolute Gasteiger partial charge is 0.369 e. The molecular weight excluding hydrogens is 217 g/mol. The van der Waals surface area contributed by atoms with Crippen LogP contribution in [0.25, 0.3) is 11.0 Å². The lowest BCUT2D eigenvalue weighted by molar-refractivity contribution is 0.615. The highest BCUT2D eigenvalue weighted by Gasteiger charge is 2.13. The predicted molar refractivity (Wildman–Crippen MR) is 59.5 cm³/mol. The minimum Gasteiger partial charge on any atom is -0.369 e. The topological polar surface area (TPSA) is 43.8 Å². The van der Waals surface area contributed by atoms with Gasteiger partial charge in [-0.25, -0.2) is 9.37 Å². The predicted octanol–water partition coefficient (Wildman–Crippen LogP) is 2.99. The maximum atomic E-state index is 13.3. The van der Waals surface area contributed by atoms with Crippen LogP contribution in [0.4, 0.5) is 10.3 Å². The van der Waals surface area contributed by atoms with Gasteiger partial charge in [-0.05, 0) is 19.9 Å². The first kappa shape index (κ1) is 10.2. The Balaban J connectivity index is 2.81.